The predicted molar refractivity (Wildman–Crippen MR) is 85.1 cm³/mol. The lowest BCUT2D eigenvalue weighted by atomic mass is 9.70. The summed E-state index contributed by atoms with van der Waals surface area (Å²) >= 11 is 0. The number of ether oxygens (including phenoxy) is 1. The van der Waals surface area contributed by atoms with Gasteiger partial charge in [-0.2, -0.15) is 0 Å². The minimum Gasteiger partial charge on any atom is -0.400 e. The van der Waals surface area contributed by atoms with E-state index in [4.69, 9.17) is 14.0 Å². The summed E-state index contributed by atoms with van der Waals surface area (Å²) in [7, 11) is -0.214. The SMILES string of the molecule is CCC12C=C(B3OC(C)(C)C(C)(C)O3)CC(CC)(CC1)O2. The highest BCUT2D eigenvalue weighted by Crippen LogP contribution is 2.52. The summed E-state index contributed by atoms with van der Waals surface area (Å²) in [6, 6.07) is 0. The molecule has 0 aromatic heterocycles. The molecule has 3 aliphatic rings. The minimum atomic E-state index is -0.269. The summed E-state index contributed by atoms with van der Waals surface area (Å²) in [6.45, 7) is 12.9. The van der Waals surface area contributed by atoms with Gasteiger partial charge in [-0.25, -0.2) is 0 Å². The lowest BCUT2D eigenvalue weighted by Gasteiger charge is -2.39. The van der Waals surface area contributed by atoms with Gasteiger partial charge in [0.1, 0.15) is 0 Å². The van der Waals surface area contributed by atoms with Crippen LogP contribution in [0.25, 0.3) is 0 Å². The molecule has 3 heterocycles. The van der Waals surface area contributed by atoms with E-state index in [9.17, 15) is 0 Å². The van der Waals surface area contributed by atoms with Crippen molar-refractivity contribution in [2.75, 3.05) is 0 Å². The van der Waals surface area contributed by atoms with Gasteiger partial charge < -0.3 is 14.0 Å². The van der Waals surface area contributed by atoms with Crippen LogP contribution in [0.4, 0.5) is 0 Å². The Kier molecular flexibility index (Phi) is 3.41. The minimum absolute atomic E-state index is 0.00366. The third-order valence-electron chi connectivity index (χ3n) is 6.20. The van der Waals surface area contributed by atoms with Gasteiger partial charge >= 0.3 is 7.12 Å². The zero-order valence-electron chi connectivity index (χ0n) is 14.4. The molecule has 2 atom stereocenters. The van der Waals surface area contributed by atoms with Gasteiger partial charge in [0.25, 0.3) is 0 Å². The zero-order valence-corrected chi connectivity index (χ0v) is 14.4. The maximum absolute atomic E-state index is 6.48. The van der Waals surface area contributed by atoms with E-state index in [1.54, 1.807) is 0 Å². The van der Waals surface area contributed by atoms with Crippen LogP contribution in [0.3, 0.4) is 0 Å². The maximum Gasteiger partial charge on any atom is 0.490 e. The third kappa shape index (κ3) is 2.30. The molecule has 0 radical (unpaired) electrons. The monoisotopic (exact) mass is 292 g/mol. The standard InChI is InChI=1S/C17H29BO3/c1-7-16-9-10-17(8-2,19-16)12-13(11-16)18-20-14(3,4)15(5,6)21-18/h11H,7-10,12H2,1-6H3. The fraction of sp³-hybridized carbons (Fsp3) is 0.882. The van der Waals surface area contributed by atoms with E-state index in [2.05, 4.69) is 47.6 Å². The molecule has 0 aromatic rings. The van der Waals surface area contributed by atoms with Crippen molar-refractivity contribution in [3.8, 4) is 0 Å². The van der Waals surface area contributed by atoms with Crippen LogP contribution < -0.4 is 0 Å². The van der Waals surface area contributed by atoms with Crippen LogP contribution in [-0.4, -0.2) is 29.5 Å². The quantitative estimate of drug-likeness (QED) is 0.734. The lowest BCUT2D eigenvalue weighted by Crippen LogP contribution is -2.41. The van der Waals surface area contributed by atoms with E-state index in [-0.39, 0.29) is 29.5 Å². The van der Waals surface area contributed by atoms with E-state index in [1.807, 2.05) is 0 Å². The molecule has 3 nitrogen and oxygen atoms in total. The Morgan fingerprint density at radius 2 is 1.62 bits per heavy atom. The Labute approximate surface area is 129 Å². The second kappa shape index (κ2) is 4.59. The summed E-state index contributed by atoms with van der Waals surface area (Å²) < 4.78 is 19.0. The van der Waals surface area contributed by atoms with Crippen molar-refractivity contribution >= 4 is 7.12 Å². The molecule has 0 amide bonds. The first-order valence-corrected chi connectivity index (χ1v) is 8.44. The number of fused-ring (bicyclic) bond motifs is 2. The molecule has 0 N–H and O–H groups in total. The highest BCUT2D eigenvalue weighted by Gasteiger charge is 2.57. The second-order valence-corrected chi connectivity index (χ2v) is 8.04. The molecule has 0 aromatic carbocycles. The molecule has 2 fully saturated rings. The number of rotatable bonds is 3. The molecule has 2 saturated heterocycles. The average Bonchev–Trinajstić information content (AvgIpc) is 2.82. The normalized spacial score (nSPS) is 40.5. The fourth-order valence-corrected chi connectivity index (χ4v) is 3.83. The first kappa shape index (κ1) is 15.6. The van der Waals surface area contributed by atoms with Crippen molar-refractivity contribution in [1.29, 1.82) is 0 Å². The summed E-state index contributed by atoms with van der Waals surface area (Å²) in [5.41, 5.74) is 0.668. The van der Waals surface area contributed by atoms with E-state index < -0.39 is 0 Å². The highest BCUT2D eigenvalue weighted by atomic mass is 16.7. The van der Waals surface area contributed by atoms with Crippen LogP contribution in [0.5, 0.6) is 0 Å². The first-order valence-electron chi connectivity index (χ1n) is 8.44. The van der Waals surface area contributed by atoms with Gasteiger partial charge in [0.2, 0.25) is 0 Å². The van der Waals surface area contributed by atoms with Gasteiger partial charge in [-0.1, -0.05) is 19.9 Å². The average molecular weight is 292 g/mol. The van der Waals surface area contributed by atoms with E-state index in [0.29, 0.717) is 0 Å². The second-order valence-electron chi connectivity index (χ2n) is 8.04. The molecule has 118 valence electrons. The van der Waals surface area contributed by atoms with Gasteiger partial charge in [-0.15, -0.1) is 0 Å². The van der Waals surface area contributed by atoms with Gasteiger partial charge in [0, 0.05) is 0 Å². The van der Waals surface area contributed by atoms with Crippen molar-refractivity contribution in [3.05, 3.63) is 11.5 Å². The Morgan fingerprint density at radius 3 is 2.14 bits per heavy atom. The lowest BCUT2D eigenvalue weighted by molar-refractivity contribution is -0.0916. The van der Waals surface area contributed by atoms with E-state index in [0.717, 1.165) is 32.1 Å². The fourth-order valence-electron chi connectivity index (χ4n) is 3.83. The Hall–Kier alpha value is -0.315. The van der Waals surface area contributed by atoms with Crippen molar-refractivity contribution in [2.45, 2.75) is 96.1 Å². The summed E-state index contributed by atoms with van der Waals surface area (Å²) in [4.78, 5) is 0. The van der Waals surface area contributed by atoms with Crippen molar-refractivity contribution in [1.82, 2.24) is 0 Å². The Balaban J connectivity index is 1.90. The first-order chi connectivity index (χ1) is 9.67. The molecule has 4 heteroatoms. The molecule has 21 heavy (non-hydrogen) atoms. The van der Waals surface area contributed by atoms with Crippen LogP contribution >= 0.6 is 0 Å². The molecule has 2 bridgehead atoms. The maximum atomic E-state index is 6.48. The van der Waals surface area contributed by atoms with E-state index >= 15 is 0 Å². The predicted octanol–water partition coefficient (Wildman–Crippen LogP) is 4.06. The van der Waals surface area contributed by atoms with Crippen LogP contribution in [0.15, 0.2) is 11.5 Å². The summed E-state index contributed by atoms with van der Waals surface area (Å²) in [6.07, 6.45) is 7.62. The van der Waals surface area contributed by atoms with Gasteiger partial charge in [-0.05, 0) is 65.3 Å². The molecular weight excluding hydrogens is 263 g/mol. The Bertz CT molecular complexity index is 455. The summed E-state index contributed by atoms with van der Waals surface area (Å²) in [5.74, 6) is 0. The van der Waals surface area contributed by atoms with Crippen LogP contribution in [0.1, 0.15) is 73.6 Å². The highest BCUT2D eigenvalue weighted by molar-refractivity contribution is 6.54. The molecular formula is C17H29BO3. The topological polar surface area (TPSA) is 27.7 Å². The van der Waals surface area contributed by atoms with Gasteiger partial charge in [0.15, 0.2) is 0 Å². The van der Waals surface area contributed by atoms with Crippen LogP contribution in [0, 0.1) is 0 Å². The molecule has 2 unspecified atom stereocenters. The molecule has 3 aliphatic heterocycles. The molecule has 0 saturated carbocycles. The molecule has 0 spiro atoms. The summed E-state index contributed by atoms with van der Waals surface area (Å²) in [5, 5.41) is 0. The van der Waals surface area contributed by atoms with Crippen molar-refractivity contribution < 1.29 is 14.0 Å². The van der Waals surface area contributed by atoms with Crippen molar-refractivity contribution in [3.63, 3.8) is 0 Å². The number of hydrogen-bond donors (Lipinski definition) is 0. The smallest absolute Gasteiger partial charge is 0.400 e. The number of hydrogen-bond acceptors (Lipinski definition) is 3. The third-order valence-corrected chi connectivity index (χ3v) is 6.20. The van der Waals surface area contributed by atoms with Crippen LogP contribution in [-0.2, 0) is 14.0 Å². The zero-order chi connectivity index (χ0) is 15.5. The van der Waals surface area contributed by atoms with Crippen molar-refractivity contribution in [2.24, 2.45) is 0 Å². The van der Waals surface area contributed by atoms with Crippen LogP contribution in [0.2, 0.25) is 0 Å². The van der Waals surface area contributed by atoms with E-state index in [1.165, 1.54) is 5.47 Å². The molecule has 0 aliphatic carbocycles. The largest absolute Gasteiger partial charge is 0.490 e. The Morgan fingerprint density at radius 1 is 1.00 bits per heavy atom. The van der Waals surface area contributed by atoms with Gasteiger partial charge in [0.05, 0.1) is 22.4 Å². The molecule has 3 rings (SSSR count). The van der Waals surface area contributed by atoms with Gasteiger partial charge in [-0.3, -0.25) is 0 Å².